The van der Waals surface area contributed by atoms with Gasteiger partial charge < -0.3 is 11.1 Å². The zero-order valence-electron chi connectivity index (χ0n) is 11.4. The lowest BCUT2D eigenvalue weighted by atomic mass is 10.00. The Morgan fingerprint density at radius 1 is 1.32 bits per heavy atom. The molecule has 0 aliphatic heterocycles. The quantitative estimate of drug-likeness (QED) is 0.861. The van der Waals surface area contributed by atoms with Gasteiger partial charge in [0.15, 0.2) is 0 Å². The first kappa shape index (κ1) is 13.5. The first-order valence-electron chi connectivity index (χ1n) is 6.55. The molecule has 0 aliphatic carbocycles. The Hall–Kier alpha value is -1.94. The molecule has 1 unspecified atom stereocenters. The molecular weight excluding hydrogens is 236 g/mol. The fourth-order valence-corrected chi connectivity index (χ4v) is 2.20. The number of aromatic nitrogens is 2. The van der Waals surface area contributed by atoms with Crippen molar-refractivity contribution >= 4 is 5.69 Å². The second-order valence-corrected chi connectivity index (χ2v) is 4.59. The Labute approximate surface area is 114 Å². The van der Waals surface area contributed by atoms with Crippen LogP contribution in [0.2, 0.25) is 0 Å². The lowest BCUT2D eigenvalue weighted by Crippen LogP contribution is -2.25. The monoisotopic (exact) mass is 256 g/mol. The van der Waals surface area contributed by atoms with Crippen molar-refractivity contribution in [1.29, 1.82) is 0 Å². The van der Waals surface area contributed by atoms with Crippen molar-refractivity contribution in [2.75, 3.05) is 12.3 Å². The van der Waals surface area contributed by atoms with Gasteiger partial charge in [-0.25, -0.2) is 0 Å². The van der Waals surface area contributed by atoms with Crippen LogP contribution in [0.5, 0.6) is 0 Å². The second-order valence-electron chi connectivity index (χ2n) is 4.59. The van der Waals surface area contributed by atoms with Crippen LogP contribution in [-0.2, 0) is 6.42 Å². The standard InChI is InChI=1S/C15H20N4/c1-3-18-14(15-11(2)5-4-7-19-15)9-12-10-17-8-6-13(12)16/h4-8,10,14,18H,3,9H2,1-2H3,(H2,16,17). The van der Waals surface area contributed by atoms with Gasteiger partial charge in [-0.1, -0.05) is 13.0 Å². The molecule has 3 N–H and O–H groups in total. The van der Waals surface area contributed by atoms with E-state index in [9.17, 15) is 0 Å². The number of hydrogen-bond donors (Lipinski definition) is 2. The number of anilines is 1. The minimum atomic E-state index is 0.165. The molecule has 2 heterocycles. The van der Waals surface area contributed by atoms with Crippen molar-refractivity contribution in [1.82, 2.24) is 15.3 Å². The van der Waals surface area contributed by atoms with Gasteiger partial charge in [-0.05, 0) is 43.1 Å². The van der Waals surface area contributed by atoms with Crippen molar-refractivity contribution in [3.63, 3.8) is 0 Å². The zero-order chi connectivity index (χ0) is 13.7. The van der Waals surface area contributed by atoms with Gasteiger partial charge in [-0.2, -0.15) is 0 Å². The number of nitrogens with one attached hydrogen (secondary N) is 1. The van der Waals surface area contributed by atoms with Crippen LogP contribution in [-0.4, -0.2) is 16.5 Å². The topological polar surface area (TPSA) is 63.8 Å². The van der Waals surface area contributed by atoms with Gasteiger partial charge in [0.2, 0.25) is 0 Å². The minimum absolute atomic E-state index is 0.165. The van der Waals surface area contributed by atoms with Crippen LogP contribution in [0.4, 0.5) is 5.69 Å². The summed E-state index contributed by atoms with van der Waals surface area (Å²) in [5.41, 5.74) is 10.1. The number of nitrogens with zero attached hydrogens (tertiary/aromatic N) is 2. The third-order valence-electron chi connectivity index (χ3n) is 3.20. The Morgan fingerprint density at radius 2 is 2.16 bits per heavy atom. The van der Waals surface area contributed by atoms with Crippen molar-refractivity contribution in [2.24, 2.45) is 0 Å². The van der Waals surface area contributed by atoms with Gasteiger partial charge in [0.05, 0.1) is 11.7 Å². The summed E-state index contributed by atoms with van der Waals surface area (Å²) >= 11 is 0. The van der Waals surface area contributed by atoms with Crippen LogP contribution >= 0.6 is 0 Å². The van der Waals surface area contributed by atoms with Crippen LogP contribution in [0.25, 0.3) is 0 Å². The van der Waals surface area contributed by atoms with E-state index >= 15 is 0 Å². The maximum absolute atomic E-state index is 5.99. The predicted octanol–water partition coefficient (Wildman–Crippen LogP) is 2.26. The normalized spacial score (nSPS) is 12.3. The molecule has 2 aromatic heterocycles. The van der Waals surface area contributed by atoms with E-state index in [0.29, 0.717) is 0 Å². The fourth-order valence-electron chi connectivity index (χ4n) is 2.20. The summed E-state index contributed by atoms with van der Waals surface area (Å²) in [6, 6.07) is 6.04. The highest BCUT2D eigenvalue weighted by Crippen LogP contribution is 2.21. The van der Waals surface area contributed by atoms with Gasteiger partial charge in [0.1, 0.15) is 0 Å². The SMILES string of the molecule is CCNC(Cc1cnccc1N)c1ncccc1C. The first-order valence-corrected chi connectivity index (χ1v) is 6.55. The Bertz CT molecular complexity index is 539. The number of nitrogens with two attached hydrogens (primary N) is 1. The molecule has 0 radical (unpaired) electrons. The van der Waals surface area contributed by atoms with E-state index in [1.54, 1.807) is 6.20 Å². The van der Waals surface area contributed by atoms with E-state index in [1.165, 1.54) is 5.56 Å². The Kier molecular flexibility index (Phi) is 4.47. The van der Waals surface area contributed by atoms with E-state index in [-0.39, 0.29) is 6.04 Å². The van der Waals surface area contributed by atoms with E-state index in [4.69, 9.17) is 5.73 Å². The fraction of sp³-hybridized carbons (Fsp3) is 0.333. The minimum Gasteiger partial charge on any atom is -0.398 e. The predicted molar refractivity (Wildman–Crippen MR) is 77.7 cm³/mol. The van der Waals surface area contributed by atoms with Gasteiger partial charge in [0.25, 0.3) is 0 Å². The molecule has 2 aromatic rings. The summed E-state index contributed by atoms with van der Waals surface area (Å²) in [6.45, 7) is 5.07. The number of aryl methyl sites for hydroxylation is 1. The van der Waals surface area contributed by atoms with Crippen LogP contribution in [0.15, 0.2) is 36.8 Å². The molecule has 100 valence electrons. The van der Waals surface area contributed by atoms with Gasteiger partial charge in [-0.3, -0.25) is 9.97 Å². The highest BCUT2D eigenvalue weighted by molar-refractivity contribution is 5.45. The summed E-state index contributed by atoms with van der Waals surface area (Å²) in [6.07, 6.45) is 6.18. The Balaban J connectivity index is 2.27. The number of hydrogen-bond acceptors (Lipinski definition) is 4. The van der Waals surface area contributed by atoms with Crippen LogP contribution in [0.3, 0.4) is 0 Å². The van der Waals surface area contributed by atoms with Gasteiger partial charge >= 0.3 is 0 Å². The molecular formula is C15H20N4. The van der Waals surface area contributed by atoms with Crippen LogP contribution < -0.4 is 11.1 Å². The smallest absolute Gasteiger partial charge is 0.0605 e. The molecule has 0 saturated carbocycles. The maximum atomic E-state index is 5.99. The molecule has 19 heavy (non-hydrogen) atoms. The highest BCUT2D eigenvalue weighted by Gasteiger charge is 2.15. The van der Waals surface area contributed by atoms with Gasteiger partial charge in [0, 0.05) is 24.3 Å². The number of likely N-dealkylation sites (N-methyl/N-ethyl adjacent to an activating group) is 1. The second kappa shape index (κ2) is 6.29. The van der Waals surface area contributed by atoms with E-state index in [1.807, 2.05) is 24.5 Å². The lowest BCUT2D eigenvalue weighted by molar-refractivity contribution is 0.534. The van der Waals surface area contributed by atoms with Crippen LogP contribution in [0, 0.1) is 6.92 Å². The average molecular weight is 256 g/mol. The molecule has 0 fully saturated rings. The molecule has 0 spiro atoms. The van der Waals surface area contributed by atoms with Crippen molar-refractivity contribution in [2.45, 2.75) is 26.3 Å². The third kappa shape index (κ3) is 3.29. The third-order valence-corrected chi connectivity index (χ3v) is 3.20. The molecule has 0 amide bonds. The largest absolute Gasteiger partial charge is 0.398 e. The number of nitrogen functional groups attached to an aromatic ring is 1. The van der Waals surface area contributed by atoms with Crippen LogP contribution in [0.1, 0.15) is 29.8 Å². The average Bonchev–Trinajstić information content (AvgIpc) is 2.41. The summed E-state index contributed by atoms with van der Waals surface area (Å²) in [4.78, 5) is 8.65. The van der Waals surface area contributed by atoms with E-state index in [2.05, 4.69) is 35.2 Å². The highest BCUT2D eigenvalue weighted by atomic mass is 14.9. The summed E-state index contributed by atoms with van der Waals surface area (Å²) in [7, 11) is 0. The van der Waals surface area contributed by atoms with E-state index in [0.717, 1.165) is 29.9 Å². The number of pyridine rings is 2. The summed E-state index contributed by atoms with van der Waals surface area (Å²) in [5.74, 6) is 0. The molecule has 0 aliphatic rings. The van der Waals surface area contributed by atoms with E-state index < -0.39 is 0 Å². The van der Waals surface area contributed by atoms with Crippen molar-refractivity contribution in [3.05, 3.63) is 53.6 Å². The summed E-state index contributed by atoms with van der Waals surface area (Å²) in [5, 5.41) is 3.47. The molecule has 0 aromatic carbocycles. The van der Waals surface area contributed by atoms with Crippen molar-refractivity contribution < 1.29 is 0 Å². The molecule has 4 nitrogen and oxygen atoms in total. The molecule has 1 atom stereocenters. The van der Waals surface area contributed by atoms with Gasteiger partial charge in [-0.15, -0.1) is 0 Å². The zero-order valence-corrected chi connectivity index (χ0v) is 11.4. The Morgan fingerprint density at radius 3 is 2.84 bits per heavy atom. The molecule has 0 saturated heterocycles. The molecule has 0 bridgehead atoms. The molecule has 2 rings (SSSR count). The maximum Gasteiger partial charge on any atom is 0.0605 e. The molecule has 4 heteroatoms. The first-order chi connectivity index (χ1) is 9.22. The number of rotatable bonds is 5. The summed E-state index contributed by atoms with van der Waals surface area (Å²) < 4.78 is 0. The lowest BCUT2D eigenvalue weighted by Gasteiger charge is -2.19. The van der Waals surface area contributed by atoms with Crippen molar-refractivity contribution in [3.8, 4) is 0 Å².